The first-order valence-corrected chi connectivity index (χ1v) is 5.21. The maximum absolute atomic E-state index is 11.7. The van der Waals surface area contributed by atoms with Crippen LogP contribution in [0.2, 0.25) is 0 Å². The Balaban J connectivity index is 2.50. The highest BCUT2D eigenvalue weighted by molar-refractivity contribution is 5.96. The van der Waals surface area contributed by atoms with Crippen molar-refractivity contribution in [1.82, 2.24) is 15.6 Å². The first kappa shape index (κ1) is 12.4. The molecule has 3 N–H and O–H groups in total. The molecule has 0 aliphatic carbocycles. The van der Waals surface area contributed by atoms with E-state index in [4.69, 9.17) is 0 Å². The highest BCUT2D eigenvalue weighted by Crippen LogP contribution is 2.13. The van der Waals surface area contributed by atoms with Gasteiger partial charge in [-0.3, -0.25) is 9.78 Å². The molecule has 0 bridgehead atoms. The number of aromatic nitrogens is 1. The lowest BCUT2D eigenvalue weighted by Crippen LogP contribution is -2.32. The molecule has 0 fully saturated rings. The average molecular weight is 223 g/mol. The van der Waals surface area contributed by atoms with Crippen LogP contribution < -0.4 is 10.6 Å². The van der Waals surface area contributed by atoms with Gasteiger partial charge in [-0.05, 0) is 25.6 Å². The summed E-state index contributed by atoms with van der Waals surface area (Å²) in [6.45, 7) is 3.44. The Kier molecular flexibility index (Phi) is 4.72. The highest BCUT2D eigenvalue weighted by atomic mass is 16.3. The van der Waals surface area contributed by atoms with Crippen molar-refractivity contribution in [3.63, 3.8) is 0 Å². The van der Waals surface area contributed by atoms with E-state index in [0.29, 0.717) is 12.5 Å². The zero-order chi connectivity index (χ0) is 12.0. The number of hydrogen-bond acceptors (Lipinski definition) is 4. The summed E-state index contributed by atoms with van der Waals surface area (Å²) in [5, 5.41) is 15.2. The number of hydrogen-bond donors (Lipinski definition) is 3. The van der Waals surface area contributed by atoms with Crippen molar-refractivity contribution < 1.29 is 9.90 Å². The molecule has 16 heavy (non-hydrogen) atoms. The fraction of sp³-hybridized carbons (Fsp3) is 0.455. The molecule has 5 nitrogen and oxygen atoms in total. The van der Waals surface area contributed by atoms with Crippen LogP contribution in [-0.2, 0) is 0 Å². The largest absolute Gasteiger partial charge is 0.505 e. The third kappa shape index (κ3) is 3.51. The van der Waals surface area contributed by atoms with E-state index in [2.05, 4.69) is 15.6 Å². The normalized spacial score (nSPS) is 12.1. The number of carbonyl (C=O) groups is 1. The Morgan fingerprint density at radius 2 is 2.31 bits per heavy atom. The second-order valence-electron chi connectivity index (χ2n) is 3.77. The predicted molar refractivity (Wildman–Crippen MR) is 61.3 cm³/mol. The fourth-order valence-electron chi connectivity index (χ4n) is 1.36. The van der Waals surface area contributed by atoms with E-state index in [1.54, 1.807) is 0 Å². The standard InChI is InChI=1S/C11H17N3O2/c1-8(5-12-2)6-14-11(16)9-3-4-13-7-10(9)15/h3-4,7-8,12,15H,5-6H2,1-2H3,(H,14,16). The van der Waals surface area contributed by atoms with Gasteiger partial charge in [0.25, 0.3) is 5.91 Å². The summed E-state index contributed by atoms with van der Waals surface area (Å²) in [6.07, 6.45) is 2.73. The van der Waals surface area contributed by atoms with Crippen LogP contribution in [0.3, 0.4) is 0 Å². The number of nitrogens with zero attached hydrogens (tertiary/aromatic N) is 1. The van der Waals surface area contributed by atoms with Crippen LogP contribution in [0, 0.1) is 5.92 Å². The number of aromatic hydroxyl groups is 1. The van der Waals surface area contributed by atoms with Crippen LogP contribution in [0.15, 0.2) is 18.5 Å². The maximum atomic E-state index is 11.7. The van der Waals surface area contributed by atoms with E-state index >= 15 is 0 Å². The van der Waals surface area contributed by atoms with Gasteiger partial charge in [-0.1, -0.05) is 6.92 Å². The van der Waals surface area contributed by atoms with Crippen molar-refractivity contribution in [1.29, 1.82) is 0 Å². The number of nitrogens with one attached hydrogen (secondary N) is 2. The molecule has 1 amide bonds. The van der Waals surface area contributed by atoms with Crippen LogP contribution in [0.25, 0.3) is 0 Å². The van der Waals surface area contributed by atoms with Crippen molar-refractivity contribution in [3.8, 4) is 5.75 Å². The lowest BCUT2D eigenvalue weighted by Gasteiger charge is -2.12. The molecule has 5 heteroatoms. The second-order valence-corrected chi connectivity index (χ2v) is 3.77. The number of rotatable bonds is 5. The van der Waals surface area contributed by atoms with Crippen LogP contribution >= 0.6 is 0 Å². The van der Waals surface area contributed by atoms with E-state index in [0.717, 1.165) is 6.54 Å². The van der Waals surface area contributed by atoms with Gasteiger partial charge < -0.3 is 15.7 Å². The summed E-state index contributed by atoms with van der Waals surface area (Å²) >= 11 is 0. The van der Waals surface area contributed by atoms with E-state index in [-0.39, 0.29) is 17.2 Å². The monoisotopic (exact) mass is 223 g/mol. The van der Waals surface area contributed by atoms with Crippen LogP contribution in [0.5, 0.6) is 5.75 Å². The Morgan fingerprint density at radius 3 is 2.94 bits per heavy atom. The molecule has 1 aromatic heterocycles. The zero-order valence-corrected chi connectivity index (χ0v) is 9.53. The molecule has 0 aliphatic rings. The van der Waals surface area contributed by atoms with Crippen molar-refractivity contribution in [3.05, 3.63) is 24.0 Å². The highest BCUT2D eigenvalue weighted by Gasteiger charge is 2.11. The van der Waals surface area contributed by atoms with Gasteiger partial charge in [0.15, 0.2) is 0 Å². The van der Waals surface area contributed by atoms with Crippen LogP contribution in [-0.4, -0.2) is 36.1 Å². The molecule has 0 aromatic carbocycles. The molecule has 0 radical (unpaired) electrons. The quantitative estimate of drug-likeness (QED) is 0.674. The first-order chi connectivity index (χ1) is 7.65. The molecule has 1 aromatic rings. The second kappa shape index (κ2) is 6.07. The zero-order valence-electron chi connectivity index (χ0n) is 9.53. The van der Waals surface area contributed by atoms with Gasteiger partial charge in [0.1, 0.15) is 5.75 Å². The van der Waals surface area contributed by atoms with E-state index in [9.17, 15) is 9.90 Å². The number of amides is 1. The third-order valence-corrected chi connectivity index (χ3v) is 2.21. The maximum Gasteiger partial charge on any atom is 0.255 e. The van der Waals surface area contributed by atoms with Crippen molar-refractivity contribution in [2.24, 2.45) is 5.92 Å². The molecule has 0 saturated carbocycles. The summed E-state index contributed by atoms with van der Waals surface area (Å²) in [6, 6.07) is 1.49. The molecule has 1 heterocycles. The lowest BCUT2D eigenvalue weighted by atomic mass is 10.1. The van der Waals surface area contributed by atoms with Crippen molar-refractivity contribution >= 4 is 5.91 Å². The third-order valence-electron chi connectivity index (χ3n) is 2.21. The van der Waals surface area contributed by atoms with Gasteiger partial charge in [-0.15, -0.1) is 0 Å². The topological polar surface area (TPSA) is 74.2 Å². The van der Waals surface area contributed by atoms with E-state index in [1.165, 1.54) is 18.5 Å². The van der Waals surface area contributed by atoms with E-state index < -0.39 is 0 Å². The number of pyridine rings is 1. The molecule has 1 unspecified atom stereocenters. The molecular formula is C11H17N3O2. The van der Waals surface area contributed by atoms with Gasteiger partial charge in [0.05, 0.1) is 11.8 Å². The first-order valence-electron chi connectivity index (χ1n) is 5.21. The van der Waals surface area contributed by atoms with Crippen LogP contribution in [0.4, 0.5) is 0 Å². The Morgan fingerprint density at radius 1 is 1.56 bits per heavy atom. The minimum atomic E-state index is -0.275. The van der Waals surface area contributed by atoms with Crippen LogP contribution in [0.1, 0.15) is 17.3 Å². The summed E-state index contributed by atoms with van der Waals surface area (Å²) in [7, 11) is 1.87. The van der Waals surface area contributed by atoms with Crippen molar-refractivity contribution in [2.75, 3.05) is 20.1 Å². The molecule has 1 atom stereocenters. The Hall–Kier alpha value is -1.62. The molecule has 1 rings (SSSR count). The smallest absolute Gasteiger partial charge is 0.255 e. The number of carbonyl (C=O) groups excluding carboxylic acids is 1. The molecule has 88 valence electrons. The molecule has 0 aliphatic heterocycles. The minimum absolute atomic E-state index is 0.0960. The minimum Gasteiger partial charge on any atom is -0.505 e. The van der Waals surface area contributed by atoms with Crippen molar-refractivity contribution in [2.45, 2.75) is 6.92 Å². The Bertz CT molecular complexity index is 355. The summed E-state index contributed by atoms with van der Waals surface area (Å²) in [5.74, 6) is -0.0259. The fourth-order valence-corrected chi connectivity index (χ4v) is 1.36. The van der Waals surface area contributed by atoms with Gasteiger partial charge in [-0.25, -0.2) is 0 Å². The van der Waals surface area contributed by atoms with E-state index in [1.807, 2.05) is 14.0 Å². The lowest BCUT2D eigenvalue weighted by molar-refractivity contribution is 0.0945. The van der Waals surface area contributed by atoms with Gasteiger partial charge in [0.2, 0.25) is 0 Å². The molecular weight excluding hydrogens is 206 g/mol. The summed E-state index contributed by atoms with van der Waals surface area (Å²) < 4.78 is 0. The molecule has 0 saturated heterocycles. The van der Waals surface area contributed by atoms with Gasteiger partial charge in [-0.2, -0.15) is 0 Å². The summed E-state index contributed by atoms with van der Waals surface area (Å²) in [4.78, 5) is 15.4. The molecule has 0 spiro atoms. The van der Waals surface area contributed by atoms with Gasteiger partial charge >= 0.3 is 0 Å². The SMILES string of the molecule is CNCC(C)CNC(=O)c1ccncc1O. The summed E-state index contributed by atoms with van der Waals surface area (Å²) in [5.41, 5.74) is 0.256. The predicted octanol–water partition coefficient (Wildman–Crippen LogP) is 0.372. The Labute approximate surface area is 94.9 Å². The van der Waals surface area contributed by atoms with Gasteiger partial charge in [0, 0.05) is 12.7 Å². The average Bonchev–Trinajstić information content (AvgIpc) is 2.27.